The van der Waals surface area contributed by atoms with Crippen LogP contribution in [0.5, 0.6) is 0 Å². The smallest absolute Gasteiger partial charge is 0.335 e. The lowest BCUT2D eigenvalue weighted by Gasteiger charge is -2.02. The molecule has 1 aromatic heterocycles. The second-order valence-corrected chi connectivity index (χ2v) is 6.23. The summed E-state index contributed by atoms with van der Waals surface area (Å²) < 4.78 is 1.68. The number of carboxylic acid groups (broad SMARTS) is 1. The molecule has 126 valence electrons. The van der Waals surface area contributed by atoms with Crippen molar-refractivity contribution in [3.8, 4) is 0 Å². The van der Waals surface area contributed by atoms with Gasteiger partial charge in [0.15, 0.2) is 5.82 Å². The van der Waals surface area contributed by atoms with Gasteiger partial charge in [-0.2, -0.15) is 9.78 Å². The van der Waals surface area contributed by atoms with Gasteiger partial charge in [-0.3, -0.25) is 0 Å². The highest BCUT2D eigenvalue weighted by molar-refractivity contribution is 7.98. The summed E-state index contributed by atoms with van der Waals surface area (Å²) in [6.07, 6.45) is 1.66. The largest absolute Gasteiger partial charge is 0.478 e. The number of thioether (sulfide) groups is 1. The molecule has 25 heavy (non-hydrogen) atoms. The van der Waals surface area contributed by atoms with Crippen LogP contribution in [0.15, 0.2) is 64.9 Å². The van der Waals surface area contributed by atoms with Crippen molar-refractivity contribution >= 4 is 23.9 Å². The molecule has 3 rings (SSSR count). The van der Waals surface area contributed by atoms with Crippen molar-refractivity contribution in [1.29, 1.82) is 0 Å². The lowest BCUT2D eigenvalue weighted by Crippen LogP contribution is -1.98. The predicted molar refractivity (Wildman–Crippen MR) is 97.2 cm³/mol. The third-order valence-electron chi connectivity index (χ3n) is 3.46. The monoisotopic (exact) mass is 352 g/mol. The van der Waals surface area contributed by atoms with Crippen molar-refractivity contribution in [3.05, 3.63) is 77.1 Å². The van der Waals surface area contributed by atoms with Gasteiger partial charge in [0.1, 0.15) is 0 Å². The second kappa shape index (κ2) is 7.76. The van der Waals surface area contributed by atoms with Crippen molar-refractivity contribution in [1.82, 2.24) is 14.9 Å². The summed E-state index contributed by atoms with van der Waals surface area (Å²) in [4.78, 5) is 10.9. The summed E-state index contributed by atoms with van der Waals surface area (Å²) in [5, 5.41) is 22.3. The maximum absolute atomic E-state index is 10.9. The van der Waals surface area contributed by atoms with E-state index in [0.29, 0.717) is 11.0 Å². The standard InChI is InChI=1S/C18H16N4O2S/c1-13-20-21-18(25-12-15-5-3-2-4-6-15)22(13)19-11-14-7-9-16(10-8-14)17(23)24/h2-11H,12H2,1H3,(H,23,24)/b19-11-. The molecule has 6 nitrogen and oxygen atoms in total. The number of benzene rings is 2. The van der Waals surface area contributed by atoms with Crippen LogP contribution < -0.4 is 0 Å². The number of nitrogens with zero attached hydrogens (tertiary/aromatic N) is 4. The average Bonchev–Trinajstić information content (AvgIpc) is 2.99. The summed E-state index contributed by atoms with van der Waals surface area (Å²) >= 11 is 1.56. The van der Waals surface area contributed by atoms with Crippen molar-refractivity contribution < 1.29 is 9.90 Å². The lowest BCUT2D eigenvalue weighted by atomic mass is 10.1. The molecule has 3 aromatic rings. The Morgan fingerprint density at radius 3 is 2.56 bits per heavy atom. The molecule has 0 aliphatic heterocycles. The number of rotatable bonds is 6. The molecule has 0 spiro atoms. The highest BCUT2D eigenvalue weighted by Gasteiger charge is 2.08. The topological polar surface area (TPSA) is 80.4 Å². The molecule has 0 amide bonds. The highest BCUT2D eigenvalue weighted by atomic mass is 32.2. The normalized spacial score (nSPS) is 11.1. The molecule has 2 aromatic carbocycles. The Hall–Kier alpha value is -2.93. The fourth-order valence-electron chi connectivity index (χ4n) is 2.12. The third-order valence-corrected chi connectivity index (χ3v) is 4.45. The van der Waals surface area contributed by atoms with Crippen LogP contribution >= 0.6 is 11.8 Å². The van der Waals surface area contributed by atoms with Gasteiger partial charge in [-0.15, -0.1) is 10.2 Å². The Morgan fingerprint density at radius 1 is 1.16 bits per heavy atom. The van der Waals surface area contributed by atoms with E-state index < -0.39 is 5.97 Å². The zero-order valence-corrected chi connectivity index (χ0v) is 14.3. The van der Waals surface area contributed by atoms with Gasteiger partial charge in [-0.1, -0.05) is 54.2 Å². The van der Waals surface area contributed by atoms with Gasteiger partial charge < -0.3 is 5.11 Å². The Kier molecular flexibility index (Phi) is 5.25. The second-order valence-electron chi connectivity index (χ2n) is 5.29. The van der Waals surface area contributed by atoms with E-state index >= 15 is 0 Å². The fourth-order valence-corrected chi connectivity index (χ4v) is 3.01. The SMILES string of the molecule is Cc1nnc(SCc2ccccc2)n1/N=C\c1ccc(C(=O)O)cc1. The Balaban J connectivity index is 1.73. The van der Waals surface area contributed by atoms with E-state index in [1.165, 1.54) is 5.56 Å². The molecule has 0 bridgehead atoms. The molecular formula is C18H16N4O2S. The van der Waals surface area contributed by atoms with Crippen LogP contribution in [0.4, 0.5) is 0 Å². The van der Waals surface area contributed by atoms with E-state index in [1.54, 1.807) is 46.9 Å². The van der Waals surface area contributed by atoms with Gasteiger partial charge >= 0.3 is 5.97 Å². The van der Waals surface area contributed by atoms with Crippen LogP contribution in [-0.4, -0.2) is 32.2 Å². The Morgan fingerprint density at radius 2 is 1.88 bits per heavy atom. The molecule has 0 saturated carbocycles. The van der Waals surface area contributed by atoms with Crippen LogP contribution in [-0.2, 0) is 5.75 Å². The minimum absolute atomic E-state index is 0.247. The minimum atomic E-state index is -0.947. The zero-order valence-electron chi connectivity index (χ0n) is 13.5. The summed E-state index contributed by atoms with van der Waals surface area (Å²) in [6, 6.07) is 16.6. The van der Waals surface area contributed by atoms with E-state index in [0.717, 1.165) is 11.3 Å². The fraction of sp³-hybridized carbons (Fsp3) is 0.111. The van der Waals surface area contributed by atoms with Gasteiger partial charge in [0.2, 0.25) is 5.16 Å². The van der Waals surface area contributed by atoms with Crippen LogP contribution in [0.3, 0.4) is 0 Å². The molecule has 0 atom stereocenters. The summed E-state index contributed by atoms with van der Waals surface area (Å²) in [5.41, 5.74) is 2.25. The molecule has 0 radical (unpaired) electrons. The molecule has 0 fully saturated rings. The van der Waals surface area contributed by atoms with E-state index in [9.17, 15) is 4.79 Å². The molecule has 0 aliphatic carbocycles. The quantitative estimate of drug-likeness (QED) is 0.543. The van der Waals surface area contributed by atoms with Crippen molar-refractivity contribution in [3.63, 3.8) is 0 Å². The first-order valence-corrected chi connectivity index (χ1v) is 8.58. The number of carbonyl (C=O) groups is 1. The molecular weight excluding hydrogens is 336 g/mol. The van der Waals surface area contributed by atoms with Gasteiger partial charge in [-0.25, -0.2) is 4.79 Å². The number of aryl methyl sites for hydroxylation is 1. The first kappa shape index (κ1) is 16.9. The number of hydrogen-bond acceptors (Lipinski definition) is 5. The van der Waals surface area contributed by atoms with E-state index in [1.807, 2.05) is 25.1 Å². The third kappa shape index (κ3) is 4.33. The first-order chi connectivity index (χ1) is 12.1. The van der Waals surface area contributed by atoms with E-state index in [4.69, 9.17) is 5.11 Å². The van der Waals surface area contributed by atoms with Crippen LogP contribution in [0.25, 0.3) is 0 Å². The molecule has 1 N–H and O–H groups in total. The number of aromatic carboxylic acids is 1. The molecule has 0 saturated heterocycles. The Labute approximate surface area is 149 Å². The van der Waals surface area contributed by atoms with E-state index in [2.05, 4.69) is 27.4 Å². The summed E-state index contributed by atoms with van der Waals surface area (Å²) in [5.74, 6) is 0.522. The maximum atomic E-state index is 10.9. The first-order valence-electron chi connectivity index (χ1n) is 7.60. The number of aromatic nitrogens is 3. The van der Waals surface area contributed by atoms with Crippen LogP contribution in [0.1, 0.15) is 27.3 Å². The minimum Gasteiger partial charge on any atom is -0.478 e. The van der Waals surface area contributed by atoms with Gasteiger partial charge in [0.25, 0.3) is 0 Å². The number of hydrogen-bond donors (Lipinski definition) is 1. The lowest BCUT2D eigenvalue weighted by molar-refractivity contribution is 0.0697. The number of carboxylic acids is 1. The average molecular weight is 352 g/mol. The highest BCUT2D eigenvalue weighted by Crippen LogP contribution is 2.21. The maximum Gasteiger partial charge on any atom is 0.335 e. The Bertz CT molecular complexity index is 889. The van der Waals surface area contributed by atoms with Gasteiger partial charge in [-0.05, 0) is 30.2 Å². The summed E-state index contributed by atoms with van der Waals surface area (Å²) in [6.45, 7) is 1.84. The molecule has 0 unspecified atom stereocenters. The van der Waals surface area contributed by atoms with E-state index in [-0.39, 0.29) is 5.56 Å². The van der Waals surface area contributed by atoms with Crippen molar-refractivity contribution in [2.75, 3.05) is 0 Å². The molecule has 1 heterocycles. The zero-order chi connectivity index (χ0) is 17.6. The van der Waals surface area contributed by atoms with Crippen molar-refractivity contribution in [2.24, 2.45) is 5.10 Å². The van der Waals surface area contributed by atoms with Gasteiger partial charge in [0, 0.05) is 5.75 Å². The van der Waals surface area contributed by atoms with Crippen LogP contribution in [0.2, 0.25) is 0 Å². The molecule has 0 aliphatic rings. The summed E-state index contributed by atoms with van der Waals surface area (Å²) in [7, 11) is 0. The van der Waals surface area contributed by atoms with Crippen LogP contribution in [0, 0.1) is 6.92 Å². The molecule has 7 heteroatoms. The predicted octanol–water partition coefficient (Wildman–Crippen LogP) is 3.46. The van der Waals surface area contributed by atoms with Gasteiger partial charge in [0.05, 0.1) is 11.8 Å². The van der Waals surface area contributed by atoms with Crippen molar-refractivity contribution in [2.45, 2.75) is 17.8 Å².